The summed E-state index contributed by atoms with van der Waals surface area (Å²) in [5.74, 6) is 0.978. The van der Waals surface area contributed by atoms with Gasteiger partial charge in [0.2, 0.25) is 9.84 Å². The third kappa shape index (κ3) is 5.30. The van der Waals surface area contributed by atoms with E-state index in [9.17, 15) is 8.42 Å². The Morgan fingerprint density at radius 2 is 1.48 bits per heavy atom. The molecule has 0 aliphatic rings. The van der Waals surface area contributed by atoms with Gasteiger partial charge in [-0.2, -0.15) is 0 Å². The number of hydrogen-bond acceptors (Lipinski definition) is 6. The molecule has 4 aromatic rings. The molecule has 0 aliphatic heterocycles. The largest absolute Gasteiger partial charge is 0.489 e. The third-order valence-electron chi connectivity index (χ3n) is 5.29. The Labute approximate surface area is 193 Å². The number of hydrogen-bond donors (Lipinski definition) is 1. The molecule has 4 rings (SSSR count). The Morgan fingerprint density at radius 3 is 2.09 bits per heavy atom. The second-order valence-corrected chi connectivity index (χ2v) is 9.82. The maximum absolute atomic E-state index is 12.7. The van der Waals surface area contributed by atoms with Crippen LogP contribution in [0.1, 0.15) is 29.9 Å². The number of ether oxygens (including phenoxy) is 1. The second-order valence-electron chi connectivity index (χ2n) is 7.64. The highest BCUT2D eigenvalue weighted by Crippen LogP contribution is 2.25. The van der Waals surface area contributed by atoms with E-state index in [-0.39, 0.29) is 10.9 Å². The molecule has 0 bridgehead atoms. The van der Waals surface area contributed by atoms with E-state index in [0.29, 0.717) is 30.3 Å². The van der Waals surface area contributed by atoms with Gasteiger partial charge in [-0.3, -0.25) is 4.57 Å². The van der Waals surface area contributed by atoms with Crippen molar-refractivity contribution in [3.8, 4) is 11.4 Å². The Bertz CT molecular complexity index is 1290. The average Bonchev–Trinajstić information content (AvgIpc) is 3.31. The Kier molecular flexibility index (Phi) is 6.86. The molecule has 0 spiro atoms. The second kappa shape index (κ2) is 9.97. The first-order chi connectivity index (χ1) is 16.0. The number of rotatable bonds is 9. The SMILES string of the molecule is CCS(=O)(=O)c1nnc([C@@H](N)Cc2ccccc2)n1-c1ccc(OCc2ccccc2)cc1. The first-order valence-electron chi connectivity index (χ1n) is 10.7. The first kappa shape index (κ1) is 22.7. The van der Waals surface area contributed by atoms with E-state index in [0.717, 1.165) is 11.1 Å². The van der Waals surface area contributed by atoms with Gasteiger partial charge in [0.1, 0.15) is 12.4 Å². The zero-order chi connectivity index (χ0) is 23.3. The highest BCUT2D eigenvalue weighted by atomic mass is 32.2. The van der Waals surface area contributed by atoms with Gasteiger partial charge in [-0.1, -0.05) is 67.6 Å². The smallest absolute Gasteiger partial charge is 0.254 e. The van der Waals surface area contributed by atoms with Gasteiger partial charge >= 0.3 is 0 Å². The van der Waals surface area contributed by atoms with Crippen molar-refractivity contribution in [1.29, 1.82) is 0 Å². The molecule has 0 amide bonds. The van der Waals surface area contributed by atoms with Gasteiger partial charge in [-0.25, -0.2) is 8.42 Å². The number of nitrogens with two attached hydrogens (primary N) is 1. The van der Waals surface area contributed by atoms with Crippen molar-refractivity contribution < 1.29 is 13.2 Å². The van der Waals surface area contributed by atoms with Crippen molar-refractivity contribution in [3.05, 3.63) is 102 Å². The van der Waals surface area contributed by atoms with Crippen molar-refractivity contribution in [3.63, 3.8) is 0 Å². The topological polar surface area (TPSA) is 100 Å². The zero-order valence-electron chi connectivity index (χ0n) is 18.3. The van der Waals surface area contributed by atoms with E-state index < -0.39 is 15.9 Å². The van der Waals surface area contributed by atoms with Crippen LogP contribution in [-0.2, 0) is 22.9 Å². The van der Waals surface area contributed by atoms with Gasteiger partial charge in [0.25, 0.3) is 5.16 Å². The normalized spacial score (nSPS) is 12.4. The molecule has 1 heterocycles. The van der Waals surface area contributed by atoms with Crippen molar-refractivity contribution in [2.24, 2.45) is 5.73 Å². The number of sulfone groups is 1. The fourth-order valence-corrected chi connectivity index (χ4v) is 4.39. The molecule has 170 valence electrons. The van der Waals surface area contributed by atoms with Gasteiger partial charge in [0.05, 0.1) is 11.8 Å². The average molecular weight is 463 g/mol. The lowest BCUT2D eigenvalue weighted by atomic mass is 10.1. The first-order valence-corrected chi connectivity index (χ1v) is 12.4. The summed E-state index contributed by atoms with van der Waals surface area (Å²) < 4.78 is 32.8. The molecule has 0 saturated heterocycles. The summed E-state index contributed by atoms with van der Waals surface area (Å²) >= 11 is 0. The molecule has 33 heavy (non-hydrogen) atoms. The lowest BCUT2D eigenvalue weighted by Gasteiger charge is -2.15. The predicted molar refractivity (Wildman–Crippen MR) is 127 cm³/mol. The molecule has 0 saturated carbocycles. The van der Waals surface area contributed by atoms with E-state index in [1.54, 1.807) is 31.2 Å². The summed E-state index contributed by atoms with van der Waals surface area (Å²) in [4.78, 5) is 0. The van der Waals surface area contributed by atoms with Gasteiger partial charge in [-0.15, -0.1) is 10.2 Å². The number of benzene rings is 3. The highest BCUT2D eigenvalue weighted by Gasteiger charge is 2.27. The molecule has 1 atom stereocenters. The number of nitrogens with zero attached hydrogens (tertiary/aromatic N) is 3. The molecule has 0 unspecified atom stereocenters. The summed E-state index contributed by atoms with van der Waals surface area (Å²) in [6.07, 6.45) is 0.503. The minimum Gasteiger partial charge on any atom is -0.489 e. The van der Waals surface area contributed by atoms with Crippen LogP contribution in [-0.4, -0.2) is 28.9 Å². The van der Waals surface area contributed by atoms with Crippen LogP contribution in [0.25, 0.3) is 5.69 Å². The minimum atomic E-state index is -3.62. The monoisotopic (exact) mass is 462 g/mol. The Hall–Kier alpha value is -3.49. The van der Waals surface area contributed by atoms with Gasteiger partial charge in [-0.05, 0) is 41.8 Å². The van der Waals surface area contributed by atoms with E-state index in [2.05, 4.69) is 10.2 Å². The van der Waals surface area contributed by atoms with Crippen LogP contribution < -0.4 is 10.5 Å². The van der Waals surface area contributed by atoms with Crippen molar-refractivity contribution in [2.75, 3.05) is 5.75 Å². The molecule has 1 aromatic heterocycles. The maximum atomic E-state index is 12.7. The van der Waals surface area contributed by atoms with Crippen molar-refractivity contribution in [2.45, 2.75) is 31.1 Å². The molecular formula is C25H26N4O3S. The summed E-state index contributed by atoms with van der Waals surface area (Å²) in [5, 5.41) is 8.08. The van der Waals surface area contributed by atoms with E-state index in [1.165, 1.54) is 4.57 Å². The van der Waals surface area contributed by atoms with Crippen LogP contribution in [0.3, 0.4) is 0 Å². The van der Waals surface area contributed by atoms with E-state index >= 15 is 0 Å². The molecule has 8 heteroatoms. The van der Waals surface area contributed by atoms with Crippen LogP contribution in [0.5, 0.6) is 5.75 Å². The van der Waals surface area contributed by atoms with Crippen molar-refractivity contribution in [1.82, 2.24) is 14.8 Å². The van der Waals surface area contributed by atoms with Gasteiger partial charge < -0.3 is 10.5 Å². The molecule has 0 radical (unpaired) electrons. The fourth-order valence-electron chi connectivity index (χ4n) is 3.49. The summed E-state index contributed by atoms with van der Waals surface area (Å²) in [5.41, 5.74) is 9.16. The minimum absolute atomic E-state index is 0.0860. The van der Waals surface area contributed by atoms with Crippen LogP contribution in [0, 0.1) is 0 Å². The summed E-state index contributed by atoms with van der Waals surface area (Å²) in [6.45, 7) is 2.02. The maximum Gasteiger partial charge on any atom is 0.254 e. The van der Waals surface area contributed by atoms with Crippen molar-refractivity contribution >= 4 is 9.84 Å². The fraction of sp³-hybridized carbons (Fsp3) is 0.200. The lowest BCUT2D eigenvalue weighted by Crippen LogP contribution is -2.20. The number of aromatic nitrogens is 3. The van der Waals surface area contributed by atoms with Crippen LogP contribution in [0.15, 0.2) is 90.1 Å². The van der Waals surface area contributed by atoms with E-state index in [4.69, 9.17) is 10.5 Å². The summed E-state index contributed by atoms with van der Waals surface area (Å²) in [6, 6.07) is 26.3. The third-order valence-corrected chi connectivity index (χ3v) is 6.87. The highest BCUT2D eigenvalue weighted by molar-refractivity contribution is 7.91. The molecular weight excluding hydrogens is 436 g/mol. The molecule has 2 N–H and O–H groups in total. The standard InChI is InChI=1S/C25H26N4O3S/c1-2-33(30,31)25-28-27-24(23(26)17-19-9-5-3-6-10-19)29(25)21-13-15-22(16-14-21)32-18-20-11-7-4-8-12-20/h3-16,23H,2,17-18,26H2,1H3/t23-/m0/s1. The molecule has 7 nitrogen and oxygen atoms in total. The zero-order valence-corrected chi connectivity index (χ0v) is 19.2. The quantitative estimate of drug-likeness (QED) is 0.405. The molecule has 3 aromatic carbocycles. The van der Waals surface area contributed by atoms with Gasteiger partial charge in [0.15, 0.2) is 5.82 Å². The van der Waals surface area contributed by atoms with Crippen LogP contribution >= 0.6 is 0 Å². The molecule has 0 fully saturated rings. The van der Waals surface area contributed by atoms with E-state index in [1.807, 2.05) is 60.7 Å². The summed E-state index contributed by atoms with van der Waals surface area (Å²) in [7, 11) is -3.62. The Balaban J connectivity index is 1.64. The lowest BCUT2D eigenvalue weighted by molar-refractivity contribution is 0.306. The molecule has 0 aliphatic carbocycles. The Morgan fingerprint density at radius 1 is 0.879 bits per heavy atom. The van der Waals surface area contributed by atoms with Crippen LogP contribution in [0.4, 0.5) is 0 Å². The van der Waals surface area contributed by atoms with Gasteiger partial charge in [0, 0.05) is 5.69 Å². The predicted octanol–water partition coefficient (Wildman–Crippen LogP) is 3.88. The van der Waals surface area contributed by atoms with Crippen LogP contribution in [0.2, 0.25) is 0 Å².